The summed E-state index contributed by atoms with van der Waals surface area (Å²) in [6, 6.07) is 4.55. The number of halogens is 2. The molecule has 0 spiro atoms. The van der Waals surface area contributed by atoms with E-state index >= 15 is 0 Å². The van der Waals surface area contributed by atoms with Crippen LogP contribution in [0.25, 0.3) is 0 Å². The molecular weight excluding hydrogens is 355 g/mol. The fourth-order valence-corrected chi connectivity index (χ4v) is 3.24. The second-order valence-corrected chi connectivity index (χ2v) is 6.72. The van der Waals surface area contributed by atoms with Crippen molar-refractivity contribution in [2.45, 2.75) is 25.9 Å². The average molecular weight is 369 g/mol. The molecule has 7 nitrogen and oxygen atoms in total. The minimum absolute atomic E-state index is 0.240. The maximum absolute atomic E-state index is 12.7. The number of aromatic nitrogens is 2. The molecule has 2 aromatic rings. The number of fused-ring (bicyclic) bond motifs is 1. The molecule has 1 aliphatic rings. The van der Waals surface area contributed by atoms with Crippen molar-refractivity contribution in [1.29, 1.82) is 0 Å². The lowest BCUT2D eigenvalue weighted by Crippen LogP contribution is -2.43. The van der Waals surface area contributed by atoms with Gasteiger partial charge >= 0.3 is 12.1 Å². The number of carbonyl (C=O) groups is 2. The number of amides is 2. The van der Waals surface area contributed by atoms with Crippen LogP contribution in [0.15, 0.2) is 24.4 Å². The lowest BCUT2D eigenvalue weighted by atomic mass is 10.0. The van der Waals surface area contributed by atoms with E-state index < -0.39 is 17.7 Å². The molecule has 2 heterocycles. The molecule has 0 unspecified atom stereocenters. The van der Waals surface area contributed by atoms with Crippen molar-refractivity contribution in [3.05, 3.63) is 45.7 Å². The maximum Gasteiger partial charge on any atom is 0.432 e. The molecule has 0 radical (unpaired) electrons. The van der Waals surface area contributed by atoms with Crippen LogP contribution in [-0.2, 0) is 12.1 Å². The van der Waals surface area contributed by atoms with E-state index in [4.69, 9.17) is 28.3 Å². The Bertz CT molecular complexity index is 827. The van der Waals surface area contributed by atoms with E-state index in [-0.39, 0.29) is 6.54 Å². The van der Waals surface area contributed by atoms with Gasteiger partial charge in [0.1, 0.15) is 0 Å². The zero-order valence-corrected chi connectivity index (χ0v) is 14.4. The summed E-state index contributed by atoms with van der Waals surface area (Å²) in [4.78, 5) is 25.2. The van der Waals surface area contributed by atoms with Gasteiger partial charge in [-0.25, -0.2) is 9.59 Å². The van der Waals surface area contributed by atoms with Crippen LogP contribution in [0.5, 0.6) is 0 Å². The molecule has 0 aliphatic carbocycles. The molecule has 0 atom stereocenters. The number of para-hydroxylation sites is 1. The van der Waals surface area contributed by atoms with E-state index in [1.165, 1.54) is 6.20 Å². The molecule has 1 aliphatic heterocycles. The summed E-state index contributed by atoms with van der Waals surface area (Å²) < 4.78 is 0.854. The van der Waals surface area contributed by atoms with Crippen molar-refractivity contribution in [1.82, 2.24) is 14.7 Å². The molecular formula is C15H14Cl2N4O3. The first-order valence-corrected chi connectivity index (χ1v) is 7.82. The Morgan fingerprint density at radius 1 is 1.29 bits per heavy atom. The van der Waals surface area contributed by atoms with Gasteiger partial charge in [-0.05, 0) is 26.0 Å². The number of benzene rings is 1. The van der Waals surface area contributed by atoms with Gasteiger partial charge in [0.15, 0.2) is 0 Å². The fourth-order valence-electron chi connectivity index (χ4n) is 2.75. The summed E-state index contributed by atoms with van der Waals surface area (Å²) in [6.07, 6.45) is 0.244. The van der Waals surface area contributed by atoms with Gasteiger partial charge in [0.2, 0.25) is 0 Å². The summed E-state index contributed by atoms with van der Waals surface area (Å²) in [5, 5.41) is 16.5. The monoisotopic (exact) mass is 368 g/mol. The number of anilines is 1. The predicted octanol–water partition coefficient (Wildman–Crippen LogP) is 4.00. The van der Waals surface area contributed by atoms with E-state index in [9.17, 15) is 9.59 Å². The van der Waals surface area contributed by atoms with E-state index in [1.807, 2.05) is 0 Å². The number of urea groups is 1. The van der Waals surface area contributed by atoms with Gasteiger partial charge in [0, 0.05) is 11.8 Å². The fraction of sp³-hybridized carbons (Fsp3) is 0.267. The highest BCUT2D eigenvalue weighted by Gasteiger charge is 2.43. The normalized spacial score (nSPS) is 15.2. The first kappa shape index (κ1) is 16.6. The molecule has 0 fully saturated rings. The SMILES string of the molecule is CC1(C)c2nn(C(=O)O)cc2CN1C(=O)Nc1c(Cl)cccc1Cl. The zero-order chi connectivity index (χ0) is 17.6. The van der Waals surface area contributed by atoms with Crippen molar-refractivity contribution in [2.24, 2.45) is 0 Å². The third-order valence-corrected chi connectivity index (χ3v) is 4.64. The molecule has 0 saturated carbocycles. The molecule has 24 heavy (non-hydrogen) atoms. The molecule has 2 N–H and O–H groups in total. The highest BCUT2D eigenvalue weighted by Crippen LogP contribution is 2.39. The quantitative estimate of drug-likeness (QED) is 0.796. The molecule has 1 aromatic carbocycles. The Hall–Kier alpha value is -2.25. The largest absolute Gasteiger partial charge is 0.463 e. The second-order valence-electron chi connectivity index (χ2n) is 5.90. The number of hydrogen-bond acceptors (Lipinski definition) is 3. The Morgan fingerprint density at radius 2 is 1.92 bits per heavy atom. The van der Waals surface area contributed by atoms with Crippen LogP contribution in [0.3, 0.4) is 0 Å². The number of carboxylic acid groups (broad SMARTS) is 1. The van der Waals surface area contributed by atoms with Crippen molar-refractivity contribution in [3.63, 3.8) is 0 Å². The van der Waals surface area contributed by atoms with Gasteiger partial charge < -0.3 is 15.3 Å². The third kappa shape index (κ3) is 2.59. The smallest absolute Gasteiger partial charge is 0.432 e. The van der Waals surface area contributed by atoms with Gasteiger partial charge in [0.05, 0.1) is 33.5 Å². The topological polar surface area (TPSA) is 87.5 Å². The summed E-state index contributed by atoms with van der Waals surface area (Å²) in [7, 11) is 0. The summed E-state index contributed by atoms with van der Waals surface area (Å²) in [6.45, 7) is 3.83. The number of carbonyl (C=O) groups excluding carboxylic acids is 1. The van der Waals surface area contributed by atoms with Crippen LogP contribution in [0.1, 0.15) is 25.1 Å². The standard InChI is InChI=1S/C15H14Cl2N4O3/c1-15(2)12-8(7-21(19-12)14(23)24)6-20(15)13(22)18-11-9(16)4-3-5-10(11)17/h3-5,7H,6H2,1-2H3,(H,18,22)(H,23,24). The van der Waals surface area contributed by atoms with Gasteiger partial charge in [-0.3, -0.25) is 0 Å². The maximum atomic E-state index is 12.7. The van der Waals surface area contributed by atoms with Crippen LogP contribution < -0.4 is 5.32 Å². The van der Waals surface area contributed by atoms with Crippen molar-refractivity contribution < 1.29 is 14.7 Å². The van der Waals surface area contributed by atoms with E-state index in [2.05, 4.69) is 10.4 Å². The predicted molar refractivity (Wildman–Crippen MR) is 89.7 cm³/mol. The number of nitrogens with one attached hydrogen (secondary N) is 1. The average Bonchev–Trinajstić information content (AvgIpc) is 3.02. The Kier molecular flexibility index (Phi) is 3.93. The zero-order valence-electron chi connectivity index (χ0n) is 12.9. The summed E-state index contributed by atoms with van der Waals surface area (Å²) >= 11 is 12.2. The van der Waals surface area contributed by atoms with Crippen LogP contribution in [-0.4, -0.2) is 31.9 Å². The van der Waals surface area contributed by atoms with E-state index in [1.54, 1.807) is 36.9 Å². The summed E-state index contributed by atoms with van der Waals surface area (Å²) in [5.74, 6) is 0. The highest BCUT2D eigenvalue weighted by molar-refractivity contribution is 6.39. The van der Waals surface area contributed by atoms with E-state index in [0.29, 0.717) is 27.0 Å². The van der Waals surface area contributed by atoms with Gasteiger partial charge in [-0.15, -0.1) is 0 Å². The Balaban J connectivity index is 1.87. The minimum atomic E-state index is -1.17. The van der Waals surface area contributed by atoms with E-state index in [0.717, 1.165) is 4.68 Å². The Labute approximate surface area is 147 Å². The molecule has 9 heteroatoms. The molecule has 1 aromatic heterocycles. The molecule has 2 amide bonds. The van der Waals surface area contributed by atoms with Crippen LogP contribution in [0.4, 0.5) is 15.3 Å². The van der Waals surface area contributed by atoms with Crippen molar-refractivity contribution >= 4 is 41.0 Å². The highest BCUT2D eigenvalue weighted by atomic mass is 35.5. The minimum Gasteiger partial charge on any atom is -0.463 e. The lowest BCUT2D eigenvalue weighted by molar-refractivity contribution is 0.153. The molecule has 0 saturated heterocycles. The van der Waals surface area contributed by atoms with Crippen LogP contribution in [0, 0.1) is 0 Å². The number of rotatable bonds is 1. The molecule has 0 bridgehead atoms. The summed E-state index contributed by atoms with van der Waals surface area (Å²) in [5.41, 5.74) is 0.795. The molecule has 3 rings (SSSR count). The third-order valence-electron chi connectivity index (χ3n) is 4.01. The lowest BCUT2D eigenvalue weighted by Gasteiger charge is -2.31. The first-order valence-electron chi connectivity index (χ1n) is 7.06. The van der Waals surface area contributed by atoms with Crippen LogP contribution >= 0.6 is 23.2 Å². The van der Waals surface area contributed by atoms with Gasteiger partial charge in [0.25, 0.3) is 0 Å². The number of nitrogens with zero attached hydrogens (tertiary/aromatic N) is 3. The van der Waals surface area contributed by atoms with Crippen molar-refractivity contribution in [3.8, 4) is 0 Å². The van der Waals surface area contributed by atoms with Crippen LogP contribution in [0.2, 0.25) is 10.0 Å². The first-order chi connectivity index (χ1) is 11.2. The van der Waals surface area contributed by atoms with Gasteiger partial charge in [-0.1, -0.05) is 29.3 Å². The number of hydrogen-bond donors (Lipinski definition) is 2. The second kappa shape index (κ2) is 5.68. The Morgan fingerprint density at radius 3 is 2.46 bits per heavy atom. The molecule has 126 valence electrons. The van der Waals surface area contributed by atoms with Crippen molar-refractivity contribution in [2.75, 3.05) is 5.32 Å². The van der Waals surface area contributed by atoms with Gasteiger partial charge in [-0.2, -0.15) is 9.78 Å².